The van der Waals surface area contributed by atoms with Gasteiger partial charge in [0, 0.05) is 23.2 Å². The number of carboxylic acid groups (broad SMARTS) is 1. The van der Waals surface area contributed by atoms with E-state index in [1.54, 1.807) is 10.9 Å². The Labute approximate surface area is 202 Å². The van der Waals surface area contributed by atoms with Gasteiger partial charge in [-0.3, -0.25) is 19.4 Å². The van der Waals surface area contributed by atoms with Crippen molar-refractivity contribution in [2.45, 2.75) is 44.6 Å². The first kappa shape index (κ1) is 22.8. The zero-order chi connectivity index (χ0) is 24.2. The first-order chi connectivity index (χ1) is 17.1. The number of hydrogen-bond donors (Lipinski definition) is 1. The number of pyridine rings is 1. The maximum atomic E-state index is 11.6. The van der Waals surface area contributed by atoms with Crippen LogP contribution in [-0.4, -0.2) is 49.5 Å². The monoisotopic (exact) mass is 473 g/mol. The van der Waals surface area contributed by atoms with E-state index >= 15 is 0 Å². The number of nitrogens with zero attached hydrogens (tertiary/aromatic N) is 5. The number of fused-ring (bicyclic) bond motifs is 2. The number of carboxylic acids is 1. The number of aryl methyl sites for hydroxylation is 2. The zero-order valence-electron chi connectivity index (χ0n) is 19.6. The third kappa shape index (κ3) is 5.08. The molecule has 35 heavy (non-hydrogen) atoms. The van der Waals surface area contributed by atoms with Crippen molar-refractivity contribution in [2.75, 3.05) is 13.7 Å². The number of aliphatic carboxylic acids is 1. The summed E-state index contributed by atoms with van der Waals surface area (Å²) < 4.78 is 12.8. The summed E-state index contributed by atoms with van der Waals surface area (Å²) in [6.45, 7) is 0.520. The molecule has 0 amide bonds. The molecule has 1 aliphatic carbocycles. The summed E-state index contributed by atoms with van der Waals surface area (Å²) in [6, 6.07) is 9.35. The van der Waals surface area contributed by atoms with Crippen LogP contribution in [0.15, 0.2) is 48.9 Å². The lowest BCUT2D eigenvalue weighted by Gasteiger charge is -2.17. The lowest BCUT2D eigenvalue weighted by molar-refractivity contribution is -0.137. The highest BCUT2D eigenvalue weighted by molar-refractivity contribution is 5.80. The zero-order valence-corrected chi connectivity index (χ0v) is 19.6. The molecule has 1 unspecified atom stereocenters. The van der Waals surface area contributed by atoms with Gasteiger partial charge in [0.1, 0.15) is 11.8 Å². The molecule has 0 fully saturated rings. The van der Waals surface area contributed by atoms with Crippen LogP contribution in [-0.2, 0) is 24.1 Å². The van der Waals surface area contributed by atoms with Gasteiger partial charge in [-0.05, 0) is 55.5 Å². The molecule has 1 atom stereocenters. The molecular formula is C26H27N5O4. The molecule has 1 N–H and O–H groups in total. The van der Waals surface area contributed by atoms with Crippen molar-refractivity contribution in [3.63, 3.8) is 0 Å². The maximum Gasteiger partial charge on any atom is 0.305 e. The number of benzene rings is 1. The minimum Gasteiger partial charge on any atom is -0.493 e. The van der Waals surface area contributed by atoms with Gasteiger partial charge in [-0.15, -0.1) is 0 Å². The van der Waals surface area contributed by atoms with Gasteiger partial charge in [0.05, 0.1) is 49.9 Å². The SMILES string of the molecule is COc1cncc(C(CC(=O)O)n2ncc3cc(OCCc4ccc5c(n4)CCCC5)ccc32)n1. The van der Waals surface area contributed by atoms with Gasteiger partial charge in [-0.1, -0.05) is 6.07 Å². The lowest BCUT2D eigenvalue weighted by atomic mass is 9.96. The Morgan fingerprint density at radius 1 is 1.11 bits per heavy atom. The van der Waals surface area contributed by atoms with Gasteiger partial charge in [0.2, 0.25) is 5.88 Å². The molecule has 1 aliphatic rings. The largest absolute Gasteiger partial charge is 0.493 e. The summed E-state index contributed by atoms with van der Waals surface area (Å²) in [5.41, 5.74) is 4.92. The van der Waals surface area contributed by atoms with Crippen molar-refractivity contribution in [3.05, 3.63) is 71.6 Å². The second-order valence-electron chi connectivity index (χ2n) is 8.62. The van der Waals surface area contributed by atoms with Crippen LogP contribution in [0.1, 0.15) is 47.9 Å². The van der Waals surface area contributed by atoms with Crippen molar-refractivity contribution < 1.29 is 19.4 Å². The Morgan fingerprint density at radius 2 is 2.00 bits per heavy atom. The van der Waals surface area contributed by atoms with Crippen molar-refractivity contribution in [1.29, 1.82) is 0 Å². The average Bonchev–Trinajstić information content (AvgIpc) is 3.30. The van der Waals surface area contributed by atoms with E-state index in [4.69, 9.17) is 14.5 Å². The number of rotatable bonds is 9. The molecule has 4 aromatic rings. The highest BCUT2D eigenvalue weighted by atomic mass is 16.5. The first-order valence-corrected chi connectivity index (χ1v) is 11.8. The highest BCUT2D eigenvalue weighted by Crippen LogP contribution is 2.28. The highest BCUT2D eigenvalue weighted by Gasteiger charge is 2.23. The van der Waals surface area contributed by atoms with Crippen molar-refractivity contribution in [3.8, 4) is 11.6 Å². The normalized spacial score (nSPS) is 13.9. The fraction of sp³-hybridized carbons (Fsp3) is 0.346. The average molecular weight is 474 g/mol. The van der Waals surface area contributed by atoms with Crippen LogP contribution in [0.4, 0.5) is 0 Å². The van der Waals surface area contributed by atoms with Gasteiger partial charge in [0.25, 0.3) is 0 Å². The third-order valence-electron chi connectivity index (χ3n) is 6.27. The standard InChI is InChI=1S/C26H27N5O4/c1-34-25-16-27-15-22(30-25)24(13-26(32)33)31-23-9-8-20(12-18(23)14-28-31)35-11-10-19-7-6-17-4-2-3-5-21(17)29-19/h6-9,12,14-16,24H,2-5,10-11,13H2,1H3,(H,32,33). The van der Waals surface area contributed by atoms with E-state index in [1.807, 2.05) is 18.2 Å². The number of ether oxygens (including phenoxy) is 2. The molecule has 0 spiro atoms. The summed E-state index contributed by atoms with van der Waals surface area (Å²) in [5.74, 6) is 0.0865. The molecule has 0 aliphatic heterocycles. The molecule has 0 bridgehead atoms. The molecule has 9 heteroatoms. The van der Waals surface area contributed by atoms with Crippen molar-refractivity contribution in [2.24, 2.45) is 0 Å². The Bertz CT molecular complexity index is 1350. The Morgan fingerprint density at radius 3 is 2.86 bits per heavy atom. The molecule has 180 valence electrons. The van der Waals surface area contributed by atoms with Crippen LogP contribution in [0, 0.1) is 0 Å². The summed E-state index contributed by atoms with van der Waals surface area (Å²) >= 11 is 0. The van der Waals surface area contributed by atoms with E-state index < -0.39 is 12.0 Å². The minimum absolute atomic E-state index is 0.190. The van der Waals surface area contributed by atoms with E-state index in [9.17, 15) is 9.90 Å². The van der Waals surface area contributed by atoms with Crippen LogP contribution in [0.5, 0.6) is 11.6 Å². The summed E-state index contributed by atoms with van der Waals surface area (Å²) in [4.78, 5) is 24.9. The smallest absolute Gasteiger partial charge is 0.305 e. The van der Waals surface area contributed by atoms with E-state index in [-0.39, 0.29) is 6.42 Å². The number of carbonyl (C=O) groups is 1. The van der Waals surface area contributed by atoms with Crippen LogP contribution >= 0.6 is 0 Å². The van der Waals surface area contributed by atoms with E-state index in [0.29, 0.717) is 18.2 Å². The van der Waals surface area contributed by atoms with Gasteiger partial charge >= 0.3 is 5.97 Å². The predicted molar refractivity (Wildman–Crippen MR) is 129 cm³/mol. The third-order valence-corrected chi connectivity index (χ3v) is 6.27. The van der Waals surface area contributed by atoms with Gasteiger partial charge < -0.3 is 14.6 Å². The summed E-state index contributed by atoms with van der Waals surface area (Å²) in [6.07, 6.45) is 9.92. The summed E-state index contributed by atoms with van der Waals surface area (Å²) in [5, 5.41) is 14.8. The molecule has 0 saturated heterocycles. The minimum atomic E-state index is -0.959. The number of aromatic nitrogens is 5. The molecule has 3 aromatic heterocycles. The maximum absolute atomic E-state index is 11.6. The fourth-order valence-corrected chi connectivity index (χ4v) is 4.51. The molecule has 1 aromatic carbocycles. The van der Waals surface area contributed by atoms with Gasteiger partial charge in [-0.25, -0.2) is 4.98 Å². The van der Waals surface area contributed by atoms with Gasteiger partial charge in [-0.2, -0.15) is 5.10 Å². The van der Waals surface area contributed by atoms with Crippen molar-refractivity contribution >= 4 is 16.9 Å². The van der Waals surface area contributed by atoms with Crippen LogP contribution < -0.4 is 9.47 Å². The second kappa shape index (κ2) is 10.1. The molecule has 3 heterocycles. The lowest BCUT2D eigenvalue weighted by Crippen LogP contribution is -2.18. The summed E-state index contributed by atoms with van der Waals surface area (Å²) in [7, 11) is 1.49. The molecule has 0 radical (unpaired) electrons. The molecule has 5 rings (SSSR count). The fourth-order valence-electron chi connectivity index (χ4n) is 4.51. The van der Waals surface area contributed by atoms with E-state index in [0.717, 1.165) is 41.6 Å². The number of hydrogen-bond acceptors (Lipinski definition) is 7. The second-order valence-corrected chi connectivity index (χ2v) is 8.62. The Kier molecular flexibility index (Phi) is 6.56. The van der Waals surface area contributed by atoms with Gasteiger partial charge in [0.15, 0.2) is 0 Å². The van der Waals surface area contributed by atoms with E-state index in [1.165, 1.54) is 43.6 Å². The molecule has 0 saturated carbocycles. The Balaban J connectivity index is 1.32. The number of methoxy groups -OCH3 is 1. The first-order valence-electron chi connectivity index (χ1n) is 11.8. The topological polar surface area (TPSA) is 112 Å². The molecule has 9 nitrogen and oxygen atoms in total. The predicted octanol–water partition coefficient (Wildman–Crippen LogP) is 3.79. The van der Waals surface area contributed by atoms with Crippen LogP contribution in [0.2, 0.25) is 0 Å². The van der Waals surface area contributed by atoms with E-state index in [2.05, 4.69) is 27.2 Å². The van der Waals surface area contributed by atoms with Crippen LogP contribution in [0.3, 0.4) is 0 Å². The van der Waals surface area contributed by atoms with Crippen LogP contribution in [0.25, 0.3) is 10.9 Å². The van der Waals surface area contributed by atoms with Crippen molar-refractivity contribution in [1.82, 2.24) is 24.7 Å². The Hall–Kier alpha value is -4.01. The quantitative estimate of drug-likeness (QED) is 0.391. The molecular weight excluding hydrogens is 446 g/mol.